The van der Waals surface area contributed by atoms with Crippen LogP contribution in [0.5, 0.6) is 0 Å². The van der Waals surface area contributed by atoms with Crippen LogP contribution in [0.2, 0.25) is 0 Å². The van der Waals surface area contributed by atoms with Gasteiger partial charge in [0.05, 0.1) is 10.6 Å². The highest BCUT2D eigenvalue weighted by Crippen LogP contribution is 2.38. The predicted molar refractivity (Wildman–Crippen MR) is 86.0 cm³/mol. The molecule has 0 unspecified atom stereocenters. The van der Waals surface area contributed by atoms with Crippen molar-refractivity contribution in [2.45, 2.75) is 65.3 Å². The molecule has 112 valence electrons. The number of anilines is 1. The molecule has 1 aliphatic rings. The van der Waals surface area contributed by atoms with Crippen LogP contribution in [0.25, 0.3) is 0 Å². The number of thiazole rings is 1. The molecule has 0 aromatic carbocycles. The summed E-state index contributed by atoms with van der Waals surface area (Å²) >= 11 is 1.56. The number of rotatable bonds is 6. The molecule has 2 rings (SSSR count). The zero-order valence-corrected chi connectivity index (χ0v) is 14.1. The van der Waals surface area contributed by atoms with Gasteiger partial charge in [0.2, 0.25) is 0 Å². The molecule has 1 saturated carbocycles. The Bertz CT molecular complexity index is 469. The second kappa shape index (κ2) is 5.84. The van der Waals surface area contributed by atoms with Crippen molar-refractivity contribution in [1.82, 2.24) is 4.98 Å². The Hall–Kier alpha value is -0.900. The van der Waals surface area contributed by atoms with Gasteiger partial charge in [0.25, 0.3) is 0 Å². The second-order valence-corrected chi connectivity index (χ2v) is 8.19. The molecule has 0 atom stereocenters. The van der Waals surface area contributed by atoms with Gasteiger partial charge >= 0.3 is 0 Å². The molecule has 0 bridgehead atoms. The molecule has 0 spiro atoms. The summed E-state index contributed by atoms with van der Waals surface area (Å²) in [5.74, 6) is 0.698. The lowest BCUT2D eigenvalue weighted by molar-refractivity contribution is 0.112. The third-order valence-electron chi connectivity index (χ3n) is 3.64. The van der Waals surface area contributed by atoms with Crippen molar-refractivity contribution in [3.8, 4) is 0 Å². The van der Waals surface area contributed by atoms with Crippen LogP contribution in [0, 0.1) is 5.92 Å². The van der Waals surface area contributed by atoms with E-state index in [1.54, 1.807) is 11.3 Å². The lowest BCUT2D eigenvalue weighted by Gasteiger charge is -2.23. The third-order valence-corrected chi connectivity index (χ3v) is 4.66. The molecule has 1 aliphatic carbocycles. The lowest BCUT2D eigenvalue weighted by Crippen LogP contribution is -2.27. The lowest BCUT2D eigenvalue weighted by atomic mass is 9.91. The number of hydrogen-bond donors (Lipinski definition) is 0. The van der Waals surface area contributed by atoms with E-state index in [-0.39, 0.29) is 5.41 Å². The summed E-state index contributed by atoms with van der Waals surface area (Å²) in [6, 6.07) is 0.646. The molecule has 0 radical (unpaired) electrons. The van der Waals surface area contributed by atoms with Gasteiger partial charge in [0.1, 0.15) is 0 Å². The smallest absolute Gasteiger partial charge is 0.186 e. The first-order valence-corrected chi connectivity index (χ1v) is 8.37. The molecule has 0 aliphatic heterocycles. The van der Waals surface area contributed by atoms with E-state index in [4.69, 9.17) is 4.98 Å². The van der Waals surface area contributed by atoms with E-state index in [0.29, 0.717) is 12.0 Å². The van der Waals surface area contributed by atoms with E-state index in [1.165, 1.54) is 19.3 Å². The predicted octanol–water partition coefficient (Wildman–Crippen LogP) is 4.27. The fourth-order valence-electron chi connectivity index (χ4n) is 2.28. The van der Waals surface area contributed by atoms with Crippen LogP contribution in [0.1, 0.15) is 69.2 Å². The van der Waals surface area contributed by atoms with Gasteiger partial charge in [-0.3, -0.25) is 4.79 Å². The van der Waals surface area contributed by atoms with Gasteiger partial charge in [-0.25, -0.2) is 4.98 Å². The highest BCUT2D eigenvalue weighted by atomic mass is 32.1. The molecule has 0 N–H and O–H groups in total. The number of carbonyl (C=O) groups excluding carboxylic acids is 1. The van der Waals surface area contributed by atoms with E-state index in [0.717, 1.165) is 28.5 Å². The largest absolute Gasteiger partial charge is 0.345 e. The van der Waals surface area contributed by atoms with Crippen molar-refractivity contribution in [2.75, 3.05) is 11.4 Å². The van der Waals surface area contributed by atoms with Crippen molar-refractivity contribution in [3.63, 3.8) is 0 Å². The van der Waals surface area contributed by atoms with Crippen LogP contribution < -0.4 is 4.90 Å². The first-order valence-electron chi connectivity index (χ1n) is 7.56. The SMILES string of the molecule is CC(C)CCN(c1nc(C(C)(C)C)c(C=O)s1)C1CC1. The molecular weight excluding hydrogens is 268 g/mol. The Morgan fingerprint density at radius 3 is 2.45 bits per heavy atom. The zero-order chi connectivity index (χ0) is 14.9. The molecule has 1 aromatic heterocycles. The molecule has 1 aromatic rings. The zero-order valence-electron chi connectivity index (χ0n) is 13.3. The van der Waals surface area contributed by atoms with E-state index >= 15 is 0 Å². The van der Waals surface area contributed by atoms with Gasteiger partial charge in [-0.15, -0.1) is 0 Å². The molecule has 1 heterocycles. The number of hydrogen-bond acceptors (Lipinski definition) is 4. The van der Waals surface area contributed by atoms with Gasteiger partial charge in [0, 0.05) is 18.0 Å². The Kier molecular flexibility index (Phi) is 4.52. The van der Waals surface area contributed by atoms with Crippen LogP contribution in [0.4, 0.5) is 5.13 Å². The number of aromatic nitrogens is 1. The molecule has 3 nitrogen and oxygen atoms in total. The van der Waals surface area contributed by atoms with Crippen molar-refractivity contribution in [1.29, 1.82) is 0 Å². The topological polar surface area (TPSA) is 33.2 Å². The Labute approximate surface area is 126 Å². The minimum Gasteiger partial charge on any atom is -0.345 e. The van der Waals surface area contributed by atoms with Crippen molar-refractivity contribution in [3.05, 3.63) is 10.6 Å². The monoisotopic (exact) mass is 294 g/mol. The standard InChI is InChI=1S/C16H26N2OS/c1-11(2)8-9-18(12-6-7-12)15-17-14(16(3,4)5)13(10-19)20-15/h10-12H,6-9H2,1-5H3. The minimum absolute atomic E-state index is 0.0712. The average Bonchev–Trinajstić information content (AvgIpc) is 3.06. The van der Waals surface area contributed by atoms with Crippen LogP contribution in [0.15, 0.2) is 0 Å². The maximum Gasteiger partial charge on any atom is 0.186 e. The number of nitrogens with zero attached hydrogens (tertiary/aromatic N) is 2. The van der Waals surface area contributed by atoms with Gasteiger partial charge in [-0.2, -0.15) is 0 Å². The fraction of sp³-hybridized carbons (Fsp3) is 0.750. The van der Waals surface area contributed by atoms with Crippen molar-refractivity contribution in [2.24, 2.45) is 5.92 Å². The summed E-state index contributed by atoms with van der Waals surface area (Å²) in [6.07, 6.45) is 4.67. The Morgan fingerprint density at radius 2 is 2.05 bits per heavy atom. The van der Waals surface area contributed by atoms with Gasteiger partial charge in [-0.1, -0.05) is 46.0 Å². The summed E-state index contributed by atoms with van der Waals surface area (Å²) in [5.41, 5.74) is 0.876. The van der Waals surface area contributed by atoms with Gasteiger partial charge < -0.3 is 4.90 Å². The normalized spacial score (nSPS) is 15.7. The molecular formula is C16H26N2OS. The van der Waals surface area contributed by atoms with Crippen LogP contribution in [0.3, 0.4) is 0 Å². The van der Waals surface area contributed by atoms with Crippen molar-refractivity contribution < 1.29 is 4.79 Å². The summed E-state index contributed by atoms with van der Waals surface area (Å²) in [5, 5.41) is 1.04. The highest BCUT2D eigenvalue weighted by molar-refractivity contribution is 7.17. The van der Waals surface area contributed by atoms with Crippen LogP contribution in [-0.4, -0.2) is 23.9 Å². The van der Waals surface area contributed by atoms with Gasteiger partial charge in [-0.05, 0) is 25.2 Å². The second-order valence-electron chi connectivity index (χ2n) is 7.18. The van der Waals surface area contributed by atoms with Crippen LogP contribution in [-0.2, 0) is 5.41 Å². The van der Waals surface area contributed by atoms with Crippen molar-refractivity contribution >= 4 is 22.8 Å². The van der Waals surface area contributed by atoms with Gasteiger partial charge in [0.15, 0.2) is 11.4 Å². The first-order chi connectivity index (χ1) is 9.32. The first kappa shape index (κ1) is 15.5. The maximum atomic E-state index is 11.3. The molecule has 0 amide bonds. The molecule has 20 heavy (non-hydrogen) atoms. The Balaban J connectivity index is 2.25. The molecule has 4 heteroatoms. The number of carbonyl (C=O) groups is 1. The Morgan fingerprint density at radius 1 is 1.40 bits per heavy atom. The third kappa shape index (κ3) is 3.60. The molecule has 1 fully saturated rings. The fourth-order valence-corrected chi connectivity index (χ4v) is 3.47. The summed E-state index contributed by atoms with van der Waals surface area (Å²) in [7, 11) is 0. The highest BCUT2D eigenvalue weighted by Gasteiger charge is 2.33. The van der Waals surface area contributed by atoms with E-state index in [9.17, 15) is 4.79 Å². The quantitative estimate of drug-likeness (QED) is 0.735. The summed E-state index contributed by atoms with van der Waals surface area (Å²) in [6.45, 7) is 11.9. The van der Waals surface area contributed by atoms with E-state index in [2.05, 4.69) is 39.5 Å². The average molecular weight is 294 g/mol. The number of aldehydes is 1. The maximum absolute atomic E-state index is 11.3. The minimum atomic E-state index is -0.0712. The van der Waals surface area contributed by atoms with E-state index in [1.807, 2.05) is 0 Å². The summed E-state index contributed by atoms with van der Waals surface area (Å²) < 4.78 is 0. The van der Waals surface area contributed by atoms with Crippen LogP contribution >= 0.6 is 11.3 Å². The summed E-state index contributed by atoms with van der Waals surface area (Å²) in [4.78, 5) is 19.3. The molecule has 0 saturated heterocycles. The van der Waals surface area contributed by atoms with E-state index < -0.39 is 0 Å².